The molecule has 1 N–H and O–H groups in total. The number of carbonyl (C=O) groups excluding carboxylic acids is 1. The van der Waals surface area contributed by atoms with E-state index in [4.69, 9.17) is 0 Å². The number of rotatable bonds is 6. The minimum Gasteiger partial charge on any atom is -0.435 e. The van der Waals surface area contributed by atoms with Crippen molar-refractivity contribution < 1.29 is 31.8 Å². The zero-order valence-electron chi connectivity index (χ0n) is 11.5. The van der Waals surface area contributed by atoms with Crippen molar-refractivity contribution in [1.29, 1.82) is 0 Å². The highest BCUT2D eigenvalue weighted by Crippen LogP contribution is 2.23. The number of hydrogen-bond donors (Lipinski definition) is 1. The summed E-state index contributed by atoms with van der Waals surface area (Å²) in [4.78, 5) is 12.1. The Morgan fingerprint density at radius 2 is 1.48 bits per heavy atom. The van der Waals surface area contributed by atoms with Crippen LogP contribution in [0, 0.1) is 0 Å². The van der Waals surface area contributed by atoms with Crippen molar-refractivity contribution in [3.05, 3.63) is 54.1 Å². The molecule has 8 heteroatoms. The molecule has 2 aromatic carbocycles. The molecule has 0 unspecified atom stereocenters. The van der Waals surface area contributed by atoms with E-state index in [0.717, 1.165) is 0 Å². The lowest BCUT2D eigenvalue weighted by Gasteiger charge is -2.11. The van der Waals surface area contributed by atoms with Gasteiger partial charge in [-0.05, 0) is 36.4 Å². The van der Waals surface area contributed by atoms with Crippen molar-refractivity contribution >= 4 is 11.6 Å². The highest BCUT2D eigenvalue weighted by atomic mass is 19.3. The second kappa shape index (κ2) is 7.48. The molecule has 0 aliphatic rings. The van der Waals surface area contributed by atoms with E-state index in [-0.39, 0.29) is 22.7 Å². The van der Waals surface area contributed by atoms with Gasteiger partial charge in [-0.25, -0.2) is 0 Å². The van der Waals surface area contributed by atoms with Crippen LogP contribution in [0.25, 0.3) is 0 Å². The largest absolute Gasteiger partial charge is 0.435 e. The van der Waals surface area contributed by atoms with Crippen molar-refractivity contribution in [1.82, 2.24) is 0 Å². The van der Waals surface area contributed by atoms with E-state index in [2.05, 4.69) is 14.8 Å². The fourth-order valence-corrected chi connectivity index (χ4v) is 1.77. The highest BCUT2D eigenvalue weighted by molar-refractivity contribution is 6.06. The van der Waals surface area contributed by atoms with E-state index >= 15 is 0 Å². The Kier molecular flexibility index (Phi) is 5.40. The molecule has 0 saturated carbocycles. The van der Waals surface area contributed by atoms with Crippen LogP contribution < -0.4 is 14.8 Å². The second-order valence-electron chi connectivity index (χ2n) is 4.23. The molecule has 0 aliphatic carbocycles. The maximum Gasteiger partial charge on any atom is 0.387 e. The van der Waals surface area contributed by atoms with Crippen LogP contribution in [0.3, 0.4) is 0 Å². The Balaban J connectivity index is 2.10. The Hall–Kier alpha value is -2.77. The molecule has 23 heavy (non-hydrogen) atoms. The molecular formula is C15H11F4NO3. The molecule has 0 atom stereocenters. The van der Waals surface area contributed by atoms with Gasteiger partial charge in [0.1, 0.15) is 11.5 Å². The maximum atomic E-state index is 12.3. The lowest BCUT2D eigenvalue weighted by Crippen LogP contribution is -2.15. The van der Waals surface area contributed by atoms with Crippen molar-refractivity contribution in [2.24, 2.45) is 0 Å². The Morgan fingerprint density at radius 3 is 2.09 bits per heavy atom. The van der Waals surface area contributed by atoms with E-state index in [1.165, 1.54) is 48.5 Å². The van der Waals surface area contributed by atoms with Gasteiger partial charge < -0.3 is 14.8 Å². The number of anilines is 1. The van der Waals surface area contributed by atoms with E-state index < -0.39 is 19.1 Å². The number of nitrogens with one attached hydrogen (secondary N) is 1. The Morgan fingerprint density at radius 1 is 0.870 bits per heavy atom. The molecule has 0 radical (unpaired) electrons. The predicted octanol–water partition coefficient (Wildman–Crippen LogP) is 4.14. The summed E-state index contributed by atoms with van der Waals surface area (Å²) in [5, 5.41) is 2.45. The third-order valence-corrected chi connectivity index (χ3v) is 2.69. The average Bonchev–Trinajstić information content (AvgIpc) is 2.48. The van der Waals surface area contributed by atoms with Crippen molar-refractivity contribution in [3.63, 3.8) is 0 Å². The number of benzene rings is 2. The van der Waals surface area contributed by atoms with Gasteiger partial charge in [-0.15, -0.1) is 0 Å². The molecule has 0 heterocycles. The van der Waals surface area contributed by atoms with E-state index in [1.807, 2.05) is 0 Å². The summed E-state index contributed by atoms with van der Waals surface area (Å²) < 4.78 is 57.1. The van der Waals surface area contributed by atoms with Gasteiger partial charge in [0, 0.05) is 5.69 Å². The van der Waals surface area contributed by atoms with Crippen molar-refractivity contribution in [3.8, 4) is 11.5 Å². The third kappa shape index (κ3) is 4.87. The van der Waals surface area contributed by atoms with Crippen LogP contribution in [0.1, 0.15) is 10.4 Å². The van der Waals surface area contributed by atoms with E-state index in [1.54, 1.807) is 0 Å². The fraction of sp³-hybridized carbons (Fsp3) is 0.133. The van der Waals surface area contributed by atoms with Crippen LogP contribution in [0.2, 0.25) is 0 Å². The monoisotopic (exact) mass is 329 g/mol. The van der Waals surface area contributed by atoms with Gasteiger partial charge in [0.05, 0.1) is 5.56 Å². The molecular weight excluding hydrogens is 318 g/mol. The molecule has 0 saturated heterocycles. The van der Waals surface area contributed by atoms with Gasteiger partial charge in [0.25, 0.3) is 5.91 Å². The smallest absolute Gasteiger partial charge is 0.387 e. The summed E-state index contributed by atoms with van der Waals surface area (Å²) in [6, 6.07) is 10.7. The van der Waals surface area contributed by atoms with E-state index in [9.17, 15) is 22.4 Å². The van der Waals surface area contributed by atoms with Crippen LogP contribution in [0.4, 0.5) is 23.2 Å². The summed E-state index contributed by atoms with van der Waals surface area (Å²) in [6.07, 6.45) is 0. The first-order valence-corrected chi connectivity index (χ1v) is 6.36. The standard InChI is InChI=1S/C15H11F4NO3/c16-14(17)22-10-7-5-9(6-8-10)20-13(21)11-3-1-2-4-12(11)23-15(18)19/h1-8,14-15H,(H,20,21). The van der Waals surface area contributed by atoms with Gasteiger partial charge in [-0.2, -0.15) is 17.6 Å². The Bertz CT molecular complexity index is 662. The SMILES string of the molecule is O=C(Nc1ccc(OC(F)F)cc1)c1ccccc1OC(F)F. The van der Waals surface area contributed by atoms with Gasteiger partial charge in [-0.1, -0.05) is 12.1 Å². The fourth-order valence-electron chi connectivity index (χ4n) is 1.77. The molecule has 122 valence electrons. The molecule has 0 bridgehead atoms. The summed E-state index contributed by atoms with van der Waals surface area (Å²) in [7, 11) is 0. The number of para-hydroxylation sites is 1. The second-order valence-corrected chi connectivity index (χ2v) is 4.23. The quantitative estimate of drug-likeness (QED) is 0.810. The molecule has 0 fully saturated rings. The number of carbonyl (C=O) groups is 1. The van der Waals surface area contributed by atoms with E-state index in [0.29, 0.717) is 0 Å². The predicted molar refractivity (Wildman–Crippen MR) is 74.1 cm³/mol. The van der Waals surface area contributed by atoms with Crippen molar-refractivity contribution in [2.45, 2.75) is 13.2 Å². The van der Waals surface area contributed by atoms with Gasteiger partial charge in [0.2, 0.25) is 0 Å². The number of ether oxygens (including phenoxy) is 2. The van der Waals surface area contributed by atoms with Crippen LogP contribution in [-0.4, -0.2) is 19.1 Å². The summed E-state index contributed by atoms with van der Waals surface area (Å²) in [5.41, 5.74) is 0.198. The topological polar surface area (TPSA) is 47.6 Å². The molecule has 1 amide bonds. The highest BCUT2D eigenvalue weighted by Gasteiger charge is 2.15. The average molecular weight is 329 g/mol. The molecule has 4 nitrogen and oxygen atoms in total. The minimum absolute atomic E-state index is 0.0700. The lowest BCUT2D eigenvalue weighted by atomic mass is 10.2. The lowest BCUT2D eigenvalue weighted by molar-refractivity contribution is -0.0507. The molecule has 2 aromatic rings. The van der Waals surface area contributed by atoms with Crippen LogP contribution in [0.15, 0.2) is 48.5 Å². The van der Waals surface area contributed by atoms with Crippen LogP contribution >= 0.6 is 0 Å². The molecule has 0 aromatic heterocycles. The van der Waals surface area contributed by atoms with Crippen molar-refractivity contribution in [2.75, 3.05) is 5.32 Å². The van der Waals surface area contributed by atoms with Gasteiger partial charge in [-0.3, -0.25) is 4.79 Å². The van der Waals surface area contributed by atoms with Gasteiger partial charge >= 0.3 is 13.2 Å². The number of halogens is 4. The van der Waals surface area contributed by atoms with Crippen LogP contribution in [0.5, 0.6) is 11.5 Å². The maximum absolute atomic E-state index is 12.3. The Labute approximate surface area is 128 Å². The first-order valence-electron chi connectivity index (χ1n) is 6.36. The third-order valence-electron chi connectivity index (χ3n) is 2.69. The molecule has 0 aliphatic heterocycles. The summed E-state index contributed by atoms with van der Waals surface area (Å²) >= 11 is 0. The first-order chi connectivity index (χ1) is 11.0. The normalized spacial score (nSPS) is 10.7. The summed E-state index contributed by atoms with van der Waals surface area (Å²) in [6.45, 7) is -6.01. The zero-order valence-corrected chi connectivity index (χ0v) is 11.5. The van der Waals surface area contributed by atoms with Gasteiger partial charge in [0.15, 0.2) is 0 Å². The summed E-state index contributed by atoms with van der Waals surface area (Å²) in [5.74, 6) is -1.01. The number of amides is 1. The minimum atomic E-state index is -3.06. The first kappa shape index (κ1) is 16.6. The molecule has 0 spiro atoms. The molecule has 2 rings (SSSR count). The number of alkyl halides is 4. The number of hydrogen-bond acceptors (Lipinski definition) is 3. The van der Waals surface area contributed by atoms with Crippen LogP contribution in [-0.2, 0) is 0 Å². The zero-order chi connectivity index (χ0) is 16.8.